The Bertz CT molecular complexity index is 769. The van der Waals surface area contributed by atoms with Crippen LogP contribution in [0.4, 0.5) is 23.0 Å². The molecule has 0 fully saturated rings. The van der Waals surface area contributed by atoms with Gasteiger partial charge in [0.1, 0.15) is 12.0 Å². The van der Waals surface area contributed by atoms with Gasteiger partial charge in [-0.15, -0.1) is 0 Å². The summed E-state index contributed by atoms with van der Waals surface area (Å²) in [4.78, 5) is 8.44. The molecule has 0 saturated heterocycles. The van der Waals surface area contributed by atoms with E-state index in [0.29, 0.717) is 23.9 Å². The van der Waals surface area contributed by atoms with Gasteiger partial charge in [-0.3, -0.25) is 0 Å². The number of hydrogen-bond acceptors (Lipinski definition) is 5. The Hall–Kier alpha value is -3.08. The Morgan fingerprint density at radius 2 is 1.61 bits per heavy atom. The van der Waals surface area contributed by atoms with Crippen molar-refractivity contribution in [2.45, 2.75) is 13.5 Å². The van der Waals surface area contributed by atoms with Crippen LogP contribution in [0, 0.1) is 6.92 Å². The predicted octanol–water partition coefficient (Wildman–Crippen LogP) is 3.72. The maximum atomic E-state index is 6.17. The Morgan fingerprint density at radius 1 is 0.913 bits per heavy atom. The van der Waals surface area contributed by atoms with Crippen molar-refractivity contribution < 1.29 is 0 Å². The Balaban J connectivity index is 1.73. The minimum absolute atomic E-state index is 0.503. The minimum atomic E-state index is 0.503. The first kappa shape index (κ1) is 14.8. The van der Waals surface area contributed by atoms with Crippen molar-refractivity contribution >= 4 is 23.0 Å². The van der Waals surface area contributed by atoms with E-state index < -0.39 is 0 Å². The molecule has 23 heavy (non-hydrogen) atoms. The lowest BCUT2D eigenvalue weighted by atomic mass is 10.1. The lowest BCUT2D eigenvalue weighted by Gasteiger charge is -2.12. The number of nitrogens with one attached hydrogen (secondary N) is 2. The predicted molar refractivity (Wildman–Crippen MR) is 94.7 cm³/mol. The van der Waals surface area contributed by atoms with Crippen LogP contribution >= 0.6 is 0 Å². The number of anilines is 4. The van der Waals surface area contributed by atoms with Gasteiger partial charge in [-0.2, -0.15) is 0 Å². The third-order valence-corrected chi connectivity index (χ3v) is 3.50. The van der Waals surface area contributed by atoms with E-state index >= 15 is 0 Å². The van der Waals surface area contributed by atoms with E-state index in [1.54, 1.807) is 0 Å². The van der Waals surface area contributed by atoms with Crippen LogP contribution < -0.4 is 16.4 Å². The van der Waals surface area contributed by atoms with E-state index in [1.807, 2.05) is 30.3 Å². The van der Waals surface area contributed by atoms with Crippen LogP contribution in [-0.4, -0.2) is 9.97 Å². The van der Waals surface area contributed by atoms with E-state index in [4.69, 9.17) is 5.73 Å². The topological polar surface area (TPSA) is 75.9 Å². The quantitative estimate of drug-likeness (QED) is 0.669. The molecule has 2 aromatic carbocycles. The number of aromatic nitrogens is 2. The number of nitrogens with two attached hydrogens (primary N) is 1. The van der Waals surface area contributed by atoms with E-state index in [1.165, 1.54) is 17.5 Å². The zero-order valence-electron chi connectivity index (χ0n) is 13.0. The lowest BCUT2D eigenvalue weighted by molar-refractivity contribution is 1.08. The van der Waals surface area contributed by atoms with Gasteiger partial charge < -0.3 is 16.4 Å². The van der Waals surface area contributed by atoms with E-state index in [2.05, 4.69) is 51.8 Å². The van der Waals surface area contributed by atoms with Crippen molar-refractivity contribution in [3.8, 4) is 0 Å². The first-order valence-corrected chi connectivity index (χ1v) is 7.44. The summed E-state index contributed by atoms with van der Waals surface area (Å²) in [7, 11) is 0. The second kappa shape index (κ2) is 6.79. The summed E-state index contributed by atoms with van der Waals surface area (Å²) in [6.07, 6.45) is 1.50. The van der Waals surface area contributed by atoms with Crippen molar-refractivity contribution in [1.82, 2.24) is 9.97 Å². The fraction of sp³-hybridized carbons (Fsp3) is 0.111. The molecule has 0 amide bonds. The van der Waals surface area contributed by atoms with E-state index in [0.717, 1.165) is 5.69 Å². The summed E-state index contributed by atoms with van der Waals surface area (Å²) < 4.78 is 0. The highest BCUT2D eigenvalue weighted by molar-refractivity contribution is 5.77. The van der Waals surface area contributed by atoms with E-state index in [-0.39, 0.29) is 0 Å². The van der Waals surface area contributed by atoms with Gasteiger partial charge in [0.25, 0.3) is 0 Å². The number of nitrogen functional groups attached to an aromatic ring is 1. The Labute approximate surface area is 135 Å². The highest BCUT2D eigenvalue weighted by Gasteiger charge is 2.08. The molecule has 0 unspecified atom stereocenters. The van der Waals surface area contributed by atoms with Gasteiger partial charge in [0.2, 0.25) is 0 Å². The fourth-order valence-electron chi connectivity index (χ4n) is 2.19. The van der Waals surface area contributed by atoms with Crippen LogP contribution in [0.5, 0.6) is 0 Å². The highest BCUT2D eigenvalue weighted by atomic mass is 15.1. The molecule has 0 spiro atoms. The van der Waals surface area contributed by atoms with Crippen LogP contribution in [0.1, 0.15) is 11.1 Å². The summed E-state index contributed by atoms with van der Waals surface area (Å²) in [5.74, 6) is 1.22. The SMILES string of the molecule is Cc1ccc(CNc2ncnc(Nc3ccccc3)c2N)cc1. The molecule has 0 saturated carbocycles. The number of para-hydroxylation sites is 1. The molecular weight excluding hydrogens is 286 g/mol. The zero-order valence-corrected chi connectivity index (χ0v) is 13.0. The first-order chi connectivity index (χ1) is 11.2. The summed E-state index contributed by atoms with van der Waals surface area (Å²) in [6, 6.07) is 18.1. The van der Waals surface area contributed by atoms with Crippen LogP contribution in [0.2, 0.25) is 0 Å². The van der Waals surface area contributed by atoms with Crippen molar-refractivity contribution in [3.05, 3.63) is 72.1 Å². The standard InChI is InChI=1S/C18H19N5/c1-13-7-9-14(10-8-13)11-20-17-16(19)18(22-12-21-17)23-15-5-3-2-4-6-15/h2-10,12H,11,19H2,1H3,(H2,20,21,22,23). The molecule has 1 aromatic heterocycles. The summed E-state index contributed by atoms with van der Waals surface area (Å²) >= 11 is 0. The van der Waals surface area contributed by atoms with Gasteiger partial charge in [-0.25, -0.2) is 9.97 Å². The van der Waals surface area contributed by atoms with Gasteiger partial charge in [-0.05, 0) is 24.6 Å². The minimum Gasteiger partial charge on any atom is -0.393 e. The van der Waals surface area contributed by atoms with Gasteiger partial charge in [0.15, 0.2) is 11.6 Å². The van der Waals surface area contributed by atoms with Crippen molar-refractivity contribution in [2.75, 3.05) is 16.4 Å². The van der Waals surface area contributed by atoms with E-state index in [9.17, 15) is 0 Å². The largest absolute Gasteiger partial charge is 0.393 e. The molecule has 0 aliphatic carbocycles. The number of rotatable bonds is 5. The molecule has 1 heterocycles. The first-order valence-electron chi connectivity index (χ1n) is 7.44. The average molecular weight is 305 g/mol. The smallest absolute Gasteiger partial charge is 0.159 e. The molecule has 3 rings (SSSR count). The van der Waals surface area contributed by atoms with Crippen molar-refractivity contribution in [3.63, 3.8) is 0 Å². The van der Waals surface area contributed by atoms with Crippen LogP contribution in [0.3, 0.4) is 0 Å². The number of hydrogen-bond donors (Lipinski definition) is 3. The molecule has 5 nitrogen and oxygen atoms in total. The van der Waals surface area contributed by atoms with Crippen LogP contribution in [0.15, 0.2) is 60.9 Å². The van der Waals surface area contributed by atoms with Gasteiger partial charge in [-0.1, -0.05) is 48.0 Å². The maximum absolute atomic E-state index is 6.17. The number of nitrogens with zero attached hydrogens (tertiary/aromatic N) is 2. The molecule has 5 heteroatoms. The summed E-state index contributed by atoms with van der Waals surface area (Å²) in [5.41, 5.74) is 10.0. The maximum Gasteiger partial charge on any atom is 0.159 e. The molecule has 0 atom stereocenters. The molecule has 0 aliphatic rings. The number of aryl methyl sites for hydroxylation is 1. The third kappa shape index (κ3) is 3.77. The van der Waals surface area contributed by atoms with Gasteiger partial charge >= 0.3 is 0 Å². The highest BCUT2D eigenvalue weighted by Crippen LogP contribution is 2.25. The Morgan fingerprint density at radius 3 is 2.35 bits per heavy atom. The molecule has 116 valence electrons. The van der Waals surface area contributed by atoms with Crippen LogP contribution in [-0.2, 0) is 6.54 Å². The lowest BCUT2D eigenvalue weighted by Crippen LogP contribution is -2.08. The second-order valence-electron chi connectivity index (χ2n) is 5.31. The molecule has 4 N–H and O–H groups in total. The van der Waals surface area contributed by atoms with Gasteiger partial charge in [0.05, 0.1) is 0 Å². The monoisotopic (exact) mass is 305 g/mol. The molecule has 3 aromatic rings. The van der Waals surface area contributed by atoms with Crippen molar-refractivity contribution in [2.24, 2.45) is 0 Å². The fourth-order valence-corrected chi connectivity index (χ4v) is 2.19. The second-order valence-corrected chi connectivity index (χ2v) is 5.31. The van der Waals surface area contributed by atoms with Crippen LogP contribution in [0.25, 0.3) is 0 Å². The summed E-state index contributed by atoms with van der Waals surface area (Å²) in [6.45, 7) is 2.73. The number of benzene rings is 2. The molecular formula is C18H19N5. The molecule has 0 radical (unpaired) electrons. The summed E-state index contributed by atoms with van der Waals surface area (Å²) in [5, 5.41) is 6.46. The van der Waals surface area contributed by atoms with Gasteiger partial charge in [0, 0.05) is 12.2 Å². The van der Waals surface area contributed by atoms with Crippen molar-refractivity contribution in [1.29, 1.82) is 0 Å². The average Bonchev–Trinajstić information content (AvgIpc) is 2.58. The molecule has 0 aliphatic heterocycles. The Kier molecular flexibility index (Phi) is 4.38. The molecule has 0 bridgehead atoms. The zero-order chi connectivity index (χ0) is 16.1. The normalized spacial score (nSPS) is 10.3. The third-order valence-electron chi connectivity index (χ3n) is 3.50.